The first kappa shape index (κ1) is 8.96. The summed E-state index contributed by atoms with van der Waals surface area (Å²) >= 11 is 4.64. The zero-order valence-corrected chi connectivity index (χ0v) is 7.08. The fourth-order valence-electron chi connectivity index (χ4n) is 0.826. The SMILES string of the molecule is NC(C=S)c1ccc(O)c(O)c1. The second kappa shape index (κ2) is 3.51. The number of benzene rings is 1. The molecule has 0 aliphatic carbocycles. The van der Waals surface area contributed by atoms with Crippen LogP contribution in [-0.4, -0.2) is 15.6 Å². The van der Waals surface area contributed by atoms with Gasteiger partial charge in [0.05, 0.1) is 6.04 Å². The maximum absolute atomic E-state index is 9.09. The fourth-order valence-corrected chi connectivity index (χ4v) is 0.984. The summed E-state index contributed by atoms with van der Waals surface area (Å²) in [6, 6.07) is 4.00. The van der Waals surface area contributed by atoms with Gasteiger partial charge in [0.1, 0.15) is 0 Å². The minimum absolute atomic E-state index is 0.157. The van der Waals surface area contributed by atoms with Crippen molar-refractivity contribution in [3.8, 4) is 11.5 Å². The second-order valence-corrected chi connectivity index (χ2v) is 2.68. The molecule has 0 amide bonds. The summed E-state index contributed by atoms with van der Waals surface area (Å²) < 4.78 is 0. The monoisotopic (exact) mass is 183 g/mol. The molecule has 0 spiro atoms. The molecule has 64 valence electrons. The zero-order chi connectivity index (χ0) is 9.14. The van der Waals surface area contributed by atoms with Crippen molar-refractivity contribution in [2.45, 2.75) is 6.04 Å². The van der Waals surface area contributed by atoms with Crippen LogP contribution in [0.2, 0.25) is 0 Å². The molecule has 1 unspecified atom stereocenters. The number of aromatic hydroxyl groups is 2. The van der Waals surface area contributed by atoms with E-state index in [1.54, 1.807) is 6.07 Å². The number of hydrogen-bond donors (Lipinski definition) is 3. The summed E-state index contributed by atoms with van der Waals surface area (Å²) in [5, 5.41) is 19.5. The molecule has 0 aliphatic heterocycles. The highest BCUT2D eigenvalue weighted by atomic mass is 32.1. The fraction of sp³-hybridized carbons (Fsp3) is 0.125. The van der Waals surface area contributed by atoms with Gasteiger partial charge in [0, 0.05) is 5.37 Å². The lowest BCUT2D eigenvalue weighted by Gasteiger charge is -2.06. The topological polar surface area (TPSA) is 66.5 Å². The van der Waals surface area contributed by atoms with E-state index >= 15 is 0 Å². The van der Waals surface area contributed by atoms with Crippen LogP contribution in [0.25, 0.3) is 0 Å². The largest absolute Gasteiger partial charge is 0.504 e. The van der Waals surface area contributed by atoms with E-state index in [0.717, 1.165) is 0 Å². The molecule has 0 radical (unpaired) electrons. The molecule has 0 fully saturated rings. The minimum Gasteiger partial charge on any atom is -0.504 e. The van der Waals surface area contributed by atoms with Gasteiger partial charge in [-0.05, 0) is 17.7 Å². The van der Waals surface area contributed by atoms with Gasteiger partial charge in [0.15, 0.2) is 11.5 Å². The van der Waals surface area contributed by atoms with Crippen molar-refractivity contribution in [3.63, 3.8) is 0 Å². The molecule has 1 aromatic carbocycles. The van der Waals surface area contributed by atoms with E-state index in [1.807, 2.05) is 0 Å². The van der Waals surface area contributed by atoms with Crippen molar-refractivity contribution < 1.29 is 10.2 Å². The van der Waals surface area contributed by atoms with Crippen molar-refractivity contribution in [3.05, 3.63) is 23.8 Å². The Hall–Kier alpha value is -1.13. The molecular formula is C8H9NO2S. The Morgan fingerprint density at radius 3 is 2.50 bits per heavy atom. The zero-order valence-electron chi connectivity index (χ0n) is 6.27. The Labute approximate surface area is 75.4 Å². The normalized spacial score (nSPS) is 12.4. The third kappa shape index (κ3) is 1.72. The van der Waals surface area contributed by atoms with Gasteiger partial charge < -0.3 is 15.9 Å². The third-order valence-corrected chi connectivity index (χ3v) is 1.82. The predicted octanol–water partition coefficient (Wildman–Crippen LogP) is 1.10. The smallest absolute Gasteiger partial charge is 0.157 e. The van der Waals surface area contributed by atoms with Crippen LogP contribution >= 0.6 is 12.2 Å². The second-order valence-electron chi connectivity index (χ2n) is 2.41. The number of nitrogens with two attached hydrogens (primary N) is 1. The average Bonchev–Trinajstić information content (AvgIpc) is 2.08. The molecule has 0 saturated heterocycles. The first-order valence-electron chi connectivity index (χ1n) is 3.38. The Kier molecular flexibility index (Phi) is 2.62. The molecule has 0 bridgehead atoms. The highest BCUT2D eigenvalue weighted by molar-refractivity contribution is 7.79. The lowest BCUT2D eigenvalue weighted by Crippen LogP contribution is -2.09. The van der Waals surface area contributed by atoms with Gasteiger partial charge in [0.25, 0.3) is 0 Å². The van der Waals surface area contributed by atoms with Gasteiger partial charge in [-0.3, -0.25) is 0 Å². The minimum atomic E-state index is -0.383. The molecule has 4 heteroatoms. The number of hydrogen-bond acceptors (Lipinski definition) is 4. The van der Waals surface area contributed by atoms with E-state index in [-0.39, 0.29) is 17.5 Å². The van der Waals surface area contributed by atoms with Crippen LogP contribution in [0.15, 0.2) is 18.2 Å². The molecular weight excluding hydrogens is 174 g/mol. The highest BCUT2D eigenvalue weighted by Crippen LogP contribution is 2.26. The summed E-state index contributed by atoms with van der Waals surface area (Å²) in [5.74, 6) is -0.338. The summed E-state index contributed by atoms with van der Waals surface area (Å²) in [6.07, 6.45) is 0. The van der Waals surface area contributed by atoms with Gasteiger partial charge in [-0.25, -0.2) is 0 Å². The van der Waals surface area contributed by atoms with Gasteiger partial charge in [-0.1, -0.05) is 18.3 Å². The Bertz CT molecular complexity index is 301. The highest BCUT2D eigenvalue weighted by Gasteiger charge is 2.05. The van der Waals surface area contributed by atoms with E-state index < -0.39 is 0 Å². The molecule has 0 aliphatic rings. The third-order valence-electron chi connectivity index (χ3n) is 1.53. The predicted molar refractivity (Wildman–Crippen MR) is 50.4 cm³/mol. The molecule has 0 aromatic heterocycles. The summed E-state index contributed by atoms with van der Waals surface area (Å²) in [4.78, 5) is 0. The van der Waals surface area contributed by atoms with E-state index in [4.69, 9.17) is 15.9 Å². The Balaban J connectivity index is 3.04. The molecule has 1 atom stereocenters. The van der Waals surface area contributed by atoms with Crippen molar-refractivity contribution in [2.75, 3.05) is 0 Å². The van der Waals surface area contributed by atoms with Crippen LogP contribution in [0.3, 0.4) is 0 Å². The van der Waals surface area contributed by atoms with Crippen LogP contribution < -0.4 is 5.73 Å². The maximum Gasteiger partial charge on any atom is 0.157 e. The quantitative estimate of drug-likeness (QED) is 0.474. The number of rotatable bonds is 2. The maximum atomic E-state index is 9.09. The van der Waals surface area contributed by atoms with Crippen LogP contribution in [-0.2, 0) is 0 Å². The van der Waals surface area contributed by atoms with Crippen LogP contribution in [0.4, 0.5) is 0 Å². The van der Waals surface area contributed by atoms with Crippen molar-refractivity contribution in [1.82, 2.24) is 0 Å². The Morgan fingerprint density at radius 1 is 1.33 bits per heavy atom. The molecule has 0 saturated carbocycles. The molecule has 12 heavy (non-hydrogen) atoms. The lowest BCUT2D eigenvalue weighted by atomic mass is 10.1. The van der Waals surface area contributed by atoms with Gasteiger partial charge in [-0.2, -0.15) is 0 Å². The van der Waals surface area contributed by atoms with Crippen molar-refractivity contribution in [2.24, 2.45) is 5.73 Å². The van der Waals surface area contributed by atoms with Crippen molar-refractivity contribution >= 4 is 17.6 Å². The first-order chi connectivity index (χ1) is 5.65. The van der Waals surface area contributed by atoms with Gasteiger partial charge in [-0.15, -0.1) is 0 Å². The van der Waals surface area contributed by atoms with Crippen molar-refractivity contribution in [1.29, 1.82) is 0 Å². The molecule has 4 N–H and O–H groups in total. The van der Waals surface area contributed by atoms with Gasteiger partial charge >= 0.3 is 0 Å². The molecule has 3 nitrogen and oxygen atoms in total. The number of phenols is 2. The summed E-state index contributed by atoms with van der Waals surface area (Å²) in [5.41, 5.74) is 6.24. The summed E-state index contributed by atoms with van der Waals surface area (Å²) in [7, 11) is 0. The lowest BCUT2D eigenvalue weighted by molar-refractivity contribution is 0.403. The van der Waals surface area contributed by atoms with E-state index in [1.165, 1.54) is 17.5 Å². The Morgan fingerprint density at radius 2 is 2.00 bits per heavy atom. The van der Waals surface area contributed by atoms with Crippen LogP contribution in [0, 0.1) is 0 Å². The molecule has 0 heterocycles. The van der Waals surface area contributed by atoms with E-state index in [2.05, 4.69) is 12.2 Å². The standard InChI is InChI=1S/C8H9NO2S/c9-6(4-12)5-1-2-7(10)8(11)3-5/h1-4,6,10-11H,9H2. The first-order valence-corrected chi connectivity index (χ1v) is 3.85. The van der Waals surface area contributed by atoms with E-state index in [9.17, 15) is 0 Å². The number of phenolic OH excluding ortho intramolecular Hbond substituents is 2. The molecule has 1 rings (SSSR count). The average molecular weight is 183 g/mol. The molecule has 1 aromatic rings. The summed E-state index contributed by atoms with van der Waals surface area (Å²) in [6.45, 7) is 0. The number of thiocarbonyl (C=S) groups is 1. The van der Waals surface area contributed by atoms with Crippen LogP contribution in [0.5, 0.6) is 11.5 Å². The van der Waals surface area contributed by atoms with Crippen LogP contribution in [0.1, 0.15) is 11.6 Å². The van der Waals surface area contributed by atoms with Gasteiger partial charge in [0.2, 0.25) is 0 Å². The van der Waals surface area contributed by atoms with E-state index in [0.29, 0.717) is 5.56 Å².